The highest BCUT2D eigenvalue weighted by Crippen LogP contribution is 2.41. The number of hydrogen-bond donors (Lipinski definition) is 2. The number of nitrogens with zero attached hydrogens (tertiary/aromatic N) is 2. The summed E-state index contributed by atoms with van der Waals surface area (Å²) in [6.45, 7) is 0.105. The van der Waals surface area contributed by atoms with Crippen molar-refractivity contribution in [1.82, 2.24) is 9.55 Å². The molecule has 178 valence electrons. The van der Waals surface area contributed by atoms with Crippen LogP contribution in [0.4, 0.5) is 5.82 Å². The van der Waals surface area contributed by atoms with Gasteiger partial charge in [-0.25, -0.2) is 4.79 Å². The number of ether oxygens (including phenoxy) is 2. The number of aliphatic hydroxyl groups excluding tert-OH is 1. The smallest absolute Gasteiger partial charge is 0.351 e. The molecule has 0 unspecified atom stereocenters. The summed E-state index contributed by atoms with van der Waals surface area (Å²) in [5, 5.41) is 10.8. The molecule has 0 aliphatic carbocycles. The SMILES string of the molecule is Nc1ccn([C@@H]2C[C@H](O)[C@H](COC(c3ccccc3)(c3ccccc3)c3ccccc3)O2)c(=O)n1. The predicted octanol–water partition coefficient (Wildman–Crippen LogP) is 3.48. The Morgan fingerprint density at radius 1 is 0.914 bits per heavy atom. The van der Waals surface area contributed by atoms with Crippen LogP contribution in [0.15, 0.2) is 108 Å². The highest BCUT2D eigenvalue weighted by atomic mass is 16.6. The summed E-state index contributed by atoms with van der Waals surface area (Å²) in [6, 6.07) is 31.6. The Kier molecular flexibility index (Phi) is 6.46. The first-order valence-electron chi connectivity index (χ1n) is 11.6. The summed E-state index contributed by atoms with van der Waals surface area (Å²) in [6.07, 6.45) is -0.328. The number of benzene rings is 3. The fourth-order valence-corrected chi connectivity index (χ4v) is 4.66. The normalized spacial score (nSPS) is 20.1. The maximum Gasteiger partial charge on any atom is 0.351 e. The molecular formula is C28H27N3O4. The number of aliphatic hydroxyl groups is 1. The molecule has 0 spiro atoms. The van der Waals surface area contributed by atoms with Gasteiger partial charge in [0.25, 0.3) is 0 Å². The molecule has 3 N–H and O–H groups in total. The first-order chi connectivity index (χ1) is 17.1. The van der Waals surface area contributed by atoms with Crippen molar-refractivity contribution in [3.05, 3.63) is 130 Å². The minimum absolute atomic E-state index is 0.105. The Morgan fingerprint density at radius 3 is 1.91 bits per heavy atom. The molecule has 0 saturated carbocycles. The van der Waals surface area contributed by atoms with Crippen molar-refractivity contribution >= 4 is 5.82 Å². The largest absolute Gasteiger partial charge is 0.390 e. The zero-order valence-corrected chi connectivity index (χ0v) is 19.1. The van der Waals surface area contributed by atoms with E-state index < -0.39 is 29.7 Å². The minimum Gasteiger partial charge on any atom is -0.390 e. The molecule has 0 bridgehead atoms. The van der Waals surface area contributed by atoms with Gasteiger partial charge in [-0.05, 0) is 22.8 Å². The van der Waals surface area contributed by atoms with E-state index in [4.69, 9.17) is 15.2 Å². The summed E-state index contributed by atoms with van der Waals surface area (Å²) in [7, 11) is 0. The quantitative estimate of drug-likeness (QED) is 0.402. The lowest BCUT2D eigenvalue weighted by Crippen LogP contribution is -2.38. The fraction of sp³-hybridized carbons (Fsp3) is 0.214. The van der Waals surface area contributed by atoms with Crippen LogP contribution in [0, 0.1) is 0 Å². The van der Waals surface area contributed by atoms with E-state index in [2.05, 4.69) is 4.98 Å². The molecule has 1 saturated heterocycles. The zero-order valence-electron chi connectivity index (χ0n) is 19.1. The molecule has 7 nitrogen and oxygen atoms in total. The Morgan fingerprint density at radius 2 is 1.43 bits per heavy atom. The van der Waals surface area contributed by atoms with E-state index in [1.165, 1.54) is 16.8 Å². The molecule has 35 heavy (non-hydrogen) atoms. The standard InChI is InChI=1S/C28H27N3O4/c29-25-16-17-31(27(33)30-25)26-18-23(32)24(35-26)19-34-28(20-10-4-1-5-11-20,21-12-6-2-7-13-21)22-14-8-3-9-15-22/h1-17,23-24,26,32H,18-19H2,(H2,29,30,33)/t23-,24-,26-/m0/s1. The third-order valence-electron chi connectivity index (χ3n) is 6.37. The molecular weight excluding hydrogens is 442 g/mol. The van der Waals surface area contributed by atoms with Gasteiger partial charge < -0.3 is 20.3 Å². The predicted molar refractivity (Wildman–Crippen MR) is 133 cm³/mol. The lowest BCUT2D eigenvalue weighted by atomic mass is 9.80. The highest BCUT2D eigenvalue weighted by molar-refractivity contribution is 5.47. The summed E-state index contributed by atoms with van der Waals surface area (Å²) in [5.41, 5.74) is 7.04. The summed E-state index contributed by atoms with van der Waals surface area (Å²) >= 11 is 0. The van der Waals surface area contributed by atoms with Gasteiger partial charge in [0.05, 0.1) is 12.7 Å². The number of hydrogen-bond acceptors (Lipinski definition) is 6. The summed E-state index contributed by atoms with van der Waals surface area (Å²) in [5.74, 6) is 0.142. The van der Waals surface area contributed by atoms with E-state index in [9.17, 15) is 9.90 Å². The van der Waals surface area contributed by atoms with Crippen molar-refractivity contribution in [3.8, 4) is 0 Å². The van der Waals surface area contributed by atoms with Crippen molar-refractivity contribution in [3.63, 3.8) is 0 Å². The van der Waals surface area contributed by atoms with Gasteiger partial charge in [0.1, 0.15) is 23.8 Å². The second kappa shape index (κ2) is 9.84. The van der Waals surface area contributed by atoms with E-state index in [0.717, 1.165) is 16.7 Å². The first kappa shape index (κ1) is 23.0. The average Bonchev–Trinajstić information content (AvgIpc) is 3.26. The van der Waals surface area contributed by atoms with Crippen LogP contribution in [0.5, 0.6) is 0 Å². The summed E-state index contributed by atoms with van der Waals surface area (Å²) in [4.78, 5) is 16.1. The van der Waals surface area contributed by atoms with Gasteiger partial charge in [0.2, 0.25) is 0 Å². The first-order valence-corrected chi connectivity index (χ1v) is 11.6. The molecule has 0 amide bonds. The van der Waals surface area contributed by atoms with Gasteiger partial charge in [0.15, 0.2) is 0 Å². The number of nitrogen functional groups attached to an aromatic ring is 1. The minimum atomic E-state index is -0.926. The Balaban J connectivity index is 1.50. The van der Waals surface area contributed by atoms with Crippen LogP contribution in [0.3, 0.4) is 0 Å². The lowest BCUT2D eigenvalue weighted by molar-refractivity contribution is -0.0943. The average molecular weight is 470 g/mol. The van der Waals surface area contributed by atoms with Crippen LogP contribution in [-0.4, -0.2) is 33.5 Å². The molecule has 1 aliphatic heterocycles. The molecule has 3 atom stereocenters. The van der Waals surface area contributed by atoms with Crippen molar-refractivity contribution in [1.29, 1.82) is 0 Å². The van der Waals surface area contributed by atoms with E-state index in [1.807, 2.05) is 91.0 Å². The third kappa shape index (κ3) is 4.49. The molecule has 1 aromatic heterocycles. The van der Waals surface area contributed by atoms with Gasteiger partial charge in [-0.2, -0.15) is 4.98 Å². The zero-order chi connectivity index (χ0) is 24.3. The van der Waals surface area contributed by atoms with Gasteiger partial charge in [-0.3, -0.25) is 4.57 Å². The van der Waals surface area contributed by atoms with E-state index >= 15 is 0 Å². The van der Waals surface area contributed by atoms with E-state index in [1.54, 1.807) is 0 Å². The number of nitrogens with two attached hydrogens (primary N) is 1. The van der Waals surface area contributed by atoms with Crippen LogP contribution in [0.1, 0.15) is 29.3 Å². The van der Waals surface area contributed by atoms with Crippen molar-refractivity contribution in [2.75, 3.05) is 12.3 Å². The molecule has 2 heterocycles. The number of rotatable bonds is 7. The van der Waals surface area contributed by atoms with Gasteiger partial charge in [-0.15, -0.1) is 0 Å². The van der Waals surface area contributed by atoms with Crippen LogP contribution in [-0.2, 0) is 15.1 Å². The van der Waals surface area contributed by atoms with Crippen molar-refractivity contribution in [2.45, 2.75) is 30.5 Å². The third-order valence-corrected chi connectivity index (χ3v) is 6.37. The molecule has 7 heteroatoms. The molecule has 0 radical (unpaired) electrons. The highest BCUT2D eigenvalue weighted by Gasteiger charge is 2.41. The Hall–Kier alpha value is -3.78. The number of aromatic nitrogens is 2. The molecule has 3 aromatic carbocycles. The molecule has 4 aromatic rings. The molecule has 1 fully saturated rings. The van der Waals surface area contributed by atoms with Crippen LogP contribution in [0.2, 0.25) is 0 Å². The topological polar surface area (TPSA) is 99.6 Å². The molecule has 5 rings (SSSR count). The summed E-state index contributed by atoms with van der Waals surface area (Å²) < 4.78 is 14.2. The lowest BCUT2D eigenvalue weighted by Gasteiger charge is -2.37. The van der Waals surface area contributed by atoms with Crippen LogP contribution >= 0.6 is 0 Å². The van der Waals surface area contributed by atoms with Crippen molar-refractivity contribution < 1.29 is 14.6 Å². The molecule has 1 aliphatic rings. The number of anilines is 1. The van der Waals surface area contributed by atoms with Gasteiger partial charge in [0, 0.05) is 12.6 Å². The van der Waals surface area contributed by atoms with E-state index in [0.29, 0.717) is 0 Å². The monoisotopic (exact) mass is 469 g/mol. The Bertz CT molecular complexity index is 1220. The maximum atomic E-state index is 12.3. The Labute approximate surface area is 203 Å². The van der Waals surface area contributed by atoms with Gasteiger partial charge >= 0.3 is 5.69 Å². The van der Waals surface area contributed by atoms with Crippen LogP contribution in [0.25, 0.3) is 0 Å². The van der Waals surface area contributed by atoms with Gasteiger partial charge in [-0.1, -0.05) is 91.0 Å². The van der Waals surface area contributed by atoms with E-state index in [-0.39, 0.29) is 18.8 Å². The fourth-order valence-electron chi connectivity index (χ4n) is 4.66. The van der Waals surface area contributed by atoms with Crippen LogP contribution < -0.4 is 11.4 Å². The maximum absolute atomic E-state index is 12.3. The second-order valence-corrected chi connectivity index (χ2v) is 8.56. The van der Waals surface area contributed by atoms with Crippen molar-refractivity contribution in [2.24, 2.45) is 0 Å². The second-order valence-electron chi connectivity index (χ2n) is 8.56.